The lowest BCUT2D eigenvalue weighted by Crippen LogP contribution is -2.24. The highest BCUT2D eigenvalue weighted by Gasteiger charge is 2.23. The minimum atomic E-state index is 0.0702. The predicted octanol–water partition coefficient (Wildman–Crippen LogP) is 1.94. The van der Waals surface area contributed by atoms with Crippen molar-refractivity contribution in [2.24, 2.45) is 5.92 Å². The lowest BCUT2D eigenvalue weighted by molar-refractivity contribution is -0.119. The number of rotatable bonds is 4. The molecular formula is C14H20N2O2. The molecule has 1 aromatic carbocycles. The van der Waals surface area contributed by atoms with Gasteiger partial charge in [0.15, 0.2) is 0 Å². The molecule has 1 aliphatic rings. The summed E-state index contributed by atoms with van der Waals surface area (Å²) in [4.78, 5) is 12.0. The van der Waals surface area contributed by atoms with Crippen LogP contribution in [0.5, 0.6) is 5.75 Å². The van der Waals surface area contributed by atoms with E-state index in [-0.39, 0.29) is 11.8 Å². The lowest BCUT2D eigenvalue weighted by atomic mass is 10.1. The van der Waals surface area contributed by atoms with Gasteiger partial charge in [0.1, 0.15) is 5.75 Å². The molecule has 2 N–H and O–H groups in total. The van der Waals surface area contributed by atoms with Crippen LogP contribution in [0.2, 0.25) is 0 Å². The van der Waals surface area contributed by atoms with Crippen LogP contribution in [0.4, 0.5) is 5.69 Å². The Morgan fingerprint density at radius 3 is 3.06 bits per heavy atom. The van der Waals surface area contributed by atoms with E-state index in [0.717, 1.165) is 36.5 Å². The van der Waals surface area contributed by atoms with E-state index in [0.29, 0.717) is 6.61 Å². The highest BCUT2D eigenvalue weighted by Crippen LogP contribution is 2.26. The fraction of sp³-hybridized carbons (Fsp3) is 0.500. The van der Waals surface area contributed by atoms with Gasteiger partial charge in [-0.25, -0.2) is 0 Å². The Morgan fingerprint density at radius 2 is 2.39 bits per heavy atom. The van der Waals surface area contributed by atoms with E-state index in [4.69, 9.17) is 4.74 Å². The van der Waals surface area contributed by atoms with Gasteiger partial charge in [0.25, 0.3) is 0 Å². The molecule has 1 aliphatic heterocycles. The maximum absolute atomic E-state index is 12.0. The number of benzene rings is 1. The zero-order valence-corrected chi connectivity index (χ0v) is 11.0. The zero-order valence-electron chi connectivity index (χ0n) is 11.0. The largest absolute Gasteiger partial charge is 0.492 e. The summed E-state index contributed by atoms with van der Waals surface area (Å²) in [7, 11) is 0. The van der Waals surface area contributed by atoms with Gasteiger partial charge in [-0.3, -0.25) is 4.79 Å². The highest BCUT2D eigenvalue weighted by atomic mass is 16.5. The molecule has 98 valence electrons. The molecule has 0 spiro atoms. The number of hydrogen-bond acceptors (Lipinski definition) is 3. The van der Waals surface area contributed by atoms with Crippen LogP contribution in [0.15, 0.2) is 18.2 Å². The van der Waals surface area contributed by atoms with Gasteiger partial charge in [-0.2, -0.15) is 0 Å². The Morgan fingerprint density at radius 1 is 1.56 bits per heavy atom. The van der Waals surface area contributed by atoms with Crippen molar-refractivity contribution in [1.82, 2.24) is 5.32 Å². The highest BCUT2D eigenvalue weighted by molar-refractivity contribution is 5.94. The molecule has 1 atom stereocenters. The summed E-state index contributed by atoms with van der Waals surface area (Å²) < 4.78 is 5.55. The average molecular weight is 248 g/mol. The van der Waals surface area contributed by atoms with E-state index in [1.54, 1.807) is 0 Å². The number of aryl methyl sites for hydroxylation is 1. The van der Waals surface area contributed by atoms with Crippen molar-refractivity contribution in [3.8, 4) is 5.75 Å². The number of nitrogens with one attached hydrogen (secondary N) is 2. The average Bonchev–Trinajstić information content (AvgIpc) is 2.86. The fourth-order valence-electron chi connectivity index (χ4n) is 2.12. The normalized spacial score (nSPS) is 18.7. The predicted molar refractivity (Wildman–Crippen MR) is 72.0 cm³/mol. The van der Waals surface area contributed by atoms with Crippen LogP contribution in [-0.2, 0) is 4.79 Å². The van der Waals surface area contributed by atoms with Crippen LogP contribution in [0.25, 0.3) is 0 Å². The number of carbonyl (C=O) groups excluding carboxylic acids is 1. The van der Waals surface area contributed by atoms with Crippen LogP contribution in [0.1, 0.15) is 18.9 Å². The Hall–Kier alpha value is -1.55. The molecular weight excluding hydrogens is 228 g/mol. The summed E-state index contributed by atoms with van der Waals surface area (Å²) in [5, 5.41) is 6.16. The van der Waals surface area contributed by atoms with Crippen LogP contribution >= 0.6 is 0 Å². The molecule has 0 bridgehead atoms. The van der Waals surface area contributed by atoms with E-state index >= 15 is 0 Å². The second-order valence-electron chi connectivity index (χ2n) is 4.61. The number of anilines is 1. The Bertz CT molecular complexity index is 426. The first-order valence-electron chi connectivity index (χ1n) is 6.45. The van der Waals surface area contributed by atoms with Crippen molar-refractivity contribution >= 4 is 11.6 Å². The van der Waals surface area contributed by atoms with Gasteiger partial charge < -0.3 is 15.4 Å². The Labute approximate surface area is 108 Å². The lowest BCUT2D eigenvalue weighted by Gasteiger charge is -2.14. The van der Waals surface area contributed by atoms with Crippen LogP contribution in [-0.4, -0.2) is 25.6 Å². The maximum atomic E-state index is 12.0. The first-order chi connectivity index (χ1) is 8.70. The third-order valence-electron chi connectivity index (χ3n) is 3.13. The third kappa shape index (κ3) is 3.01. The SMILES string of the molecule is CCOc1cc(C)ccc1NC(=O)C1CCNC1. The van der Waals surface area contributed by atoms with Crippen LogP contribution in [0, 0.1) is 12.8 Å². The van der Waals surface area contributed by atoms with Crippen molar-refractivity contribution in [3.05, 3.63) is 23.8 Å². The van der Waals surface area contributed by atoms with E-state index < -0.39 is 0 Å². The summed E-state index contributed by atoms with van der Waals surface area (Å²) in [6, 6.07) is 5.83. The van der Waals surface area contributed by atoms with E-state index in [1.807, 2.05) is 32.0 Å². The van der Waals surface area contributed by atoms with E-state index in [1.165, 1.54) is 0 Å². The summed E-state index contributed by atoms with van der Waals surface area (Å²) >= 11 is 0. The maximum Gasteiger partial charge on any atom is 0.228 e. The molecule has 1 heterocycles. The monoisotopic (exact) mass is 248 g/mol. The first kappa shape index (κ1) is 12.9. The summed E-state index contributed by atoms with van der Waals surface area (Å²) in [5.74, 6) is 0.891. The Kier molecular flexibility index (Phi) is 4.20. The number of carbonyl (C=O) groups is 1. The second-order valence-corrected chi connectivity index (χ2v) is 4.61. The standard InChI is InChI=1S/C14H20N2O2/c1-3-18-13-8-10(2)4-5-12(13)16-14(17)11-6-7-15-9-11/h4-5,8,11,15H,3,6-7,9H2,1-2H3,(H,16,17). The zero-order chi connectivity index (χ0) is 13.0. The van der Waals surface area contributed by atoms with Gasteiger partial charge >= 0.3 is 0 Å². The quantitative estimate of drug-likeness (QED) is 0.856. The second kappa shape index (κ2) is 5.87. The topological polar surface area (TPSA) is 50.4 Å². The molecule has 4 heteroatoms. The minimum absolute atomic E-state index is 0.0702. The molecule has 1 aromatic rings. The molecule has 18 heavy (non-hydrogen) atoms. The van der Waals surface area contributed by atoms with Gasteiger partial charge in [-0.1, -0.05) is 6.07 Å². The van der Waals surface area contributed by atoms with Crippen LogP contribution < -0.4 is 15.4 Å². The molecule has 0 aliphatic carbocycles. The summed E-state index contributed by atoms with van der Waals surface area (Å²) in [6.07, 6.45) is 0.904. The molecule has 1 fully saturated rings. The summed E-state index contributed by atoms with van der Waals surface area (Å²) in [6.45, 7) is 6.23. The molecule has 0 radical (unpaired) electrons. The fourth-order valence-corrected chi connectivity index (χ4v) is 2.12. The van der Waals surface area contributed by atoms with Crippen molar-refractivity contribution < 1.29 is 9.53 Å². The van der Waals surface area contributed by atoms with Gasteiger partial charge in [-0.05, 0) is 44.5 Å². The van der Waals surface area contributed by atoms with Crippen molar-refractivity contribution in [3.63, 3.8) is 0 Å². The van der Waals surface area contributed by atoms with Crippen molar-refractivity contribution in [1.29, 1.82) is 0 Å². The van der Waals surface area contributed by atoms with Crippen molar-refractivity contribution in [2.45, 2.75) is 20.3 Å². The van der Waals surface area contributed by atoms with Gasteiger partial charge in [0, 0.05) is 6.54 Å². The summed E-state index contributed by atoms with van der Waals surface area (Å²) in [5.41, 5.74) is 1.89. The number of hydrogen-bond donors (Lipinski definition) is 2. The smallest absolute Gasteiger partial charge is 0.228 e. The van der Waals surface area contributed by atoms with Gasteiger partial charge in [-0.15, -0.1) is 0 Å². The molecule has 0 aromatic heterocycles. The number of amides is 1. The first-order valence-corrected chi connectivity index (χ1v) is 6.45. The molecule has 0 saturated carbocycles. The van der Waals surface area contributed by atoms with Gasteiger partial charge in [0.05, 0.1) is 18.2 Å². The molecule has 4 nitrogen and oxygen atoms in total. The molecule has 1 unspecified atom stereocenters. The Balaban J connectivity index is 2.09. The van der Waals surface area contributed by atoms with Gasteiger partial charge in [0.2, 0.25) is 5.91 Å². The molecule has 1 saturated heterocycles. The third-order valence-corrected chi connectivity index (χ3v) is 3.13. The molecule has 1 amide bonds. The van der Waals surface area contributed by atoms with Crippen LogP contribution in [0.3, 0.4) is 0 Å². The van der Waals surface area contributed by atoms with E-state index in [9.17, 15) is 4.79 Å². The van der Waals surface area contributed by atoms with E-state index in [2.05, 4.69) is 10.6 Å². The minimum Gasteiger partial charge on any atom is -0.492 e. The number of ether oxygens (including phenoxy) is 1. The van der Waals surface area contributed by atoms with Crippen molar-refractivity contribution in [2.75, 3.05) is 25.0 Å². The molecule has 2 rings (SSSR count).